The maximum atomic E-state index is 12.5. The molecule has 102 valence electrons. The van der Waals surface area contributed by atoms with Gasteiger partial charge in [0.25, 0.3) is 0 Å². The first-order chi connectivity index (χ1) is 8.52. The van der Waals surface area contributed by atoms with E-state index in [2.05, 4.69) is 0 Å². The van der Waals surface area contributed by atoms with Gasteiger partial charge in [-0.05, 0) is 25.2 Å². The Hall–Kier alpha value is -1.10. The maximum absolute atomic E-state index is 12.5. The van der Waals surface area contributed by atoms with E-state index >= 15 is 0 Å². The molecule has 1 N–H and O–H groups in total. The van der Waals surface area contributed by atoms with Gasteiger partial charge >= 0.3 is 5.97 Å². The molecular formula is C13H21NO4. The molecule has 0 radical (unpaired) electrons. The highest BCUT2D eigenvalue weighted by Crippen LogP contribution is 2.31. The molecule has 0 aliphatic carbocycles. The summed E-state index contributed by atoms with van der Waals surface area (Å²) in [4.78, 5) is 25.1. The summed E-state index contributed by atoms with van der Waals surface area (Å²) in [5.41, 5.74) is 0. The Bertz CT molecular complexity index is 342. The zero-order valence-electron chi connectivity index (χ0n) is 11.0. The van der Waals surface area contributed by atoms with Gasteiger partial charge in [-0.1, -0.05) is 13.8 Å². The molecule has 18 heavy (non-hydrogen) atoms. The molecule has 0 saturated carbocycles. The molecule has 3 atom stereocenters. The molecule has 1 amide bonds. The van der Waals surface area contributed by atoms with Crippen LogP contribution in [0.25, 0.3) is 0 Å². The van der Waals surface area contributed by atoms with E-state index in [1.165, 1.54) is 4.90 Å². The molecule has 2 unspecified atom stereocenters. The fourth-order valence-corrected chi connectivity index (χ4v) is 3.03. The van der Waals surface area contributed by atoms with E-state index in [0.29, 0.717) is 26.0 Å². The van der Waals surface area contributed by atoms with Crippen LogP contribution >= 0.6 is 0 Å². The van der Waals surface area contributed by atoms with Gasteiger partial charge in [-0.2, -0.15) is 0 Å². The van der Waals surface area contributed by atoms with Crippen LogP contribution < -0.4 is 0 Å². The van der Waals surface area contributed by atoms with Crippen molar-refractivity contribution in [3.8, 4) is 0 Å². The van der Waals surface area contributed by atoms with E-state index in [0.717, 1.165) is 6.42 Å². The van der Waals surface area contributed by atoms with Gasteiger partial charge in [0, 0.05) is 13.2 Å². The lowest BCUT2D eigenvalue weighted by atomic mass is 9.91. The van der Waals surface area contributed by atoms with Crippen molar-refractivity contribution in [3.63, 3.8) is 0 Å². The number of carboxylic acid groups (broad SMARTS) is 1. The van der Waals surface area contributed by atoms with Gasteiger partial charge < -0.3 is 14.7 Å². The number of carboxylic acids is 1. The largest absolute Gasteiger partial charge is 0.480 e. The highest BCUT2D eigenvalue weighted by atomic mass is 16.5. The van der Waals surface area contributed by atoms with Gasteiger partial charge in [0.1, 0.15) is 6.04 Å². The van der Waals surface area contributed by atoms with Crippen LogP contribution in [0.4, 0.5) is 0 Å². The summed E-state index contributed by atoms with van der Waals surface area (Å²) < 4.78 is 5.61. The molecule has 2 fully saturated rings. The normalized spacial score (nSPS) is 32.2. The van der Waals surface area contributed by atoms with Crippen LogP contribution in [0.2, 0.25) is 0 Å². The molecular weight excluding hydrogens is 234 g/mol. The maximum Gasteiger partial charge on any atom is 0.326 e. The fourth-order valence-electron chi connectivity index (χ4n) is 3.03. The summed E-state index contributed by atoms with van der Waals surface area (Å²) in [6.07, 6.45) is 2.00. The number of hydrogen-bond donors (Lipinski definition) is 1. The van der Waals surface area contributed by atoms with Crippen LogP contribution in [0.1, 0.15) is 33.1 Å². The zero-order valence-corrected chi connectivity index (χ0v) is 11.0. The van der Waals surface area contributed by atoms with E-state index in [1.54, 1.807) is 0 Å². The number of carbonyl (C=O) groups excluding carboxylic acids is 1. The average Bonchev–Trinajstić information content (AvgIpc) is 2.97. The number of ether oxygens (including phenoxy) is 1. The first kappa shape index (κ1) is 13.3. The minimum absolute atomic E-state index is 0.0314. The van der Waals surface area contributed by atoms with E-state index in [4.69, 9.17) is 9.84 Å². The molecule has 2 aliphatic heterocycles. The van der Waals surface area contributed by atoms with Crippen LogP contribution in [0.5, 0.6) is 0 Å². The summed E-state index contributed by atoms with van der Waals surface area (Å²) in [6, 6.07) is -0.633. The first-order valence-corrected chi connectivity index (χ1v) is 6.67. The third kappa shape index (κ3) is 2.36. The molecule has 2 rings (SSSR count). The number of carbonyl (C=O) groups is 2. The summed E-state index contributed by atoms with van der Waals surface area (Å²) in [5, 5.41) is 9.13. The van der Waals surface area contributed by atoms with Crippen molar-refractivity contribution >= 4 is 11.9 Å². The standard InChI is InChI=1S/C13H21NO4/c1-8(2)11-9(5-7-18-11)12(15)14-6-3-4-10(14)13(16)17/h8-11H,3-7H2,1-2H3,(H,16,17)/t9?,10-,11?/m0/s1. The Morgan fingerprint density at radius 1 is 1.33 bits per heavy atom. The van der Waals surface area contributed by atoms with Crippen LogP contribution in [0.3, 0.4) is 0 Å². The van der Waals surface area contributed by atoms with Crippen molar-refractivity contribution in [1.29, 1.82) is 0 Å². The lowest BCUT2D eigenvalue weighted by molar-refractivity contribution is -0.151. The van der Waals surface area contributed by atoms with Gasteiger partial charge in [0.15, 0.2) is 0 Å². The first-order valence-electron chi connectivity index (χ1n) is 6.67. The van der Waals surface area contributed by atoms with Gasteiger partial charge in [-0.15, -0.1) is 0 Å². The Labute approximate surface area is 107 Å². The second-order valence-corrected chi connectivity index (χ2v) is 5.50. The zero-order chi connectivity index (χ0) is 13.3. The number of likely N-dealkylation sites (tertiary alicyclic amines) is 1. The molecule has 0 aromatic rings. The average molecular weight is 255 g/mol. The Morgan fingerprint density at radius 2 is 2.06 bits per heavy atom. The van der Waals surface area contributed by atoms with Crippen molar-refractivity contribution in [2.75, 3.05) is 13.2 Å². The van der Waals surface area contributed by atoms with E-state index in [9.17, 15) is 9.59 Å². The second-order valence-electron chi connectivity index (χ2n) is 5.50. The number of nitrogens with zero attached hydrogens (tertiary/aromatic N) is 1. The topological polar surface area (TPSA) is 66.8 Å². The smallest absolute Gasteiger partial charge is 0.326 e. The fraction of sp³-hybridized carbons (Fsp3) is 0.846. The molecule has 0 aromatic carbocycles. The number of hydrogen-bond acceptors (Lipinski definition) is 3. The van der Waals surface area contributed by atoms with Crippen LogP contribution in [-0.2, 0) is 14.3 Å². The predicted octanol–water partition coefficient (Wildman–Crippen LogP) is 1.12. The van der Waals surface area contributed by atoms with Crippen molar-refractivity contribution in [2.45, 2.75) is 45.3 Å². The molecule has 0 spiro atoms. The van der Waals surface area contributed by atoms with Crippen molar-refractivity contribution in [2.24, 2.45) is 11.8 Å². The lowest BCUT2D eigenvalue weighted by Gasteiger charge is -2.28. The van der Waals surface area contributed by atoms with Crippen LogP contribution in [0, 0.1) is 11.8 Å². The third-order valence-corrected chi connectivity index (χ3v) is 3.93. The highest BCUT2D eigenvalue weighted by molar-refractivity contribution is 5.86. The quantitative estimate of drug-likeness (QED) is 0.820. The van der Waals surface area contributed by atoms with Crippen molar-refractivity contribution in [1.82, 2.24) is 4.90 Å². The van der Waals surface area contributed by atoms with E-state index in [1.807, 2.05) is 13.8 Å². The number of aliphatic carboxylic acids is 1. The van der Waals surface area contributed by atoms with Gasteiger partial charge in [-0.25, -0.2) is 4.79 Å². The summed E-state index contributed by atoms with van der Waals surface area (Å²) >= 11 is 0. The molecule has 0 aromatic heterocycles. The lowest BCUT2D eigenvalue weighted by Crippen LogP contribution is -2.46. The van der Waals surface area contributed by atoms with Gasteiger partial charge in [0.2, 0.25) is 5.91 Å². The van der Waals surface area contributed by atoms with E-state index < -0.39 is 12.0 Å². The Morgan fingerprint density at radius 3 is 2.67 bits per heavy atom. The van der Waals surface area contributed by atoms with Crippen LogP contribution in [0.15, 0.2) is 0 Å². The minimum Gasteiger partial charge on any atom is -0.480 e. The van der Waals surface area contributed by atoms with Gasteiger partial charge in [-0.3, -0.25) is 4.79 Å². The molecule has 2 aliphatic rings. The van der Waals surface area contributed by atoms with Crippen LogP contribution in [-0.4, -0.2) is 47.2 Å². The van der Waals surface area contributed by atoms with Crippen molar-refractivity contribution in [3.05, 3.63) is 0 Å². The second kappa shape index (κ2) is 5.26. The highest BCUT2D eigenvalue weighted by Gasteiger charge is 2.42. The summed E-state index contributed by atoms with van der Waals surface area (Å²) in [7, 11) is 0. The number of amides is 1. The SMILES string of the molecule is CC(C)C1OCCC1C(=O)N1CCC[C@H]1C(=O)O. The monoisotopic (exact) mass is 255 g/mol. The summed E-state index contributed by atoms with van der Waals surface area (Å²) in [6.45, 7) is 5.24. The third-order valence-electron chi connectivity index (χ3n) is 3.93. The molecule has 0 bridgehead atoms. The molecule has 2 heterocycles. The molecule has 5 nitrogen and oxygen atoms in total. The Kier molecular flexibility index (Phi) is 3.90. The Balaban J connectivity index is 2.08. The predicted molar refractivity (Wildman–Crippen MR) is 65.1 cm³/mol. The van der Waals surface area contributed by atoms with Gasteiger partial charge in [0.05, 0.1) is 12.0 Å². The van der Waals surface area contributed by atoms with E-state index in [-0.39, 0.29) is 23.8 Å². The number of rotatable bonds is 3. The summed E-state index contributed by atoms with van der Waals surface area (Å²) in [5.74, 6) is -0.797. The minimum atomic E-state index is -0.888. The molecule has 5 heteroatoms. The molecule has 2 saturated heterocycles. The van der Waals surface area contributed by atoms with Crippen molar-refractivity contribution < 1.29 is 19.4 Å².